The number of phenols is 6. The molecule has 3 atom stereocenters. The minimum Gasteiger partial charge on any atom is -0.504 e. The molecular formula is C28H28O11. The molecule has 0 fully saturated rings. The molecule has 4 rings (SSSR count). The molecule has 0 saturated heterocycles. The van der Waals surface area contributed by atoms with E-state index in [2.05, 4.69) is 0 Å². The quantitative estimate of drug-likeness (QED) is 0.187. The Labute approximate surface area is 223 Å². The Morgan fingerprint density at radius 2 is 1.08 bits per heavy atom. The number of hydrogen-bond acceptors (Lipinski definition) is 10. The van der Waals surface area contributed by atoms with E-state index in [0.717, 1.165) is 0 Å². The van der Waals surface area contributed by atoms with Crippen molar-refractivity contribution in [1.29, 1.82) is 0 Å². The van der Waals surface area contributed by atoms with E-state index >= 15 is 0 Å². The van der Waals surface area contributed by atoms with Crippen LogP contribution in [0.5, 0.6) is 34.5 Å². The van der Waals surface area contributed by atoms with Crippen molar-refractivity contribution in [3.8, 4) is 34.5 Å². The van der Waals surface area contributed by atoms with Crippen molar-refractivity contribution in [2.75, 3.05) is 0 Å². The van der Waals surface area contributed by atoms with E-state index in [4.69, 9.17) is 14.2 Å². The van der Waals surface area contributed by atoms with E-state index in [1.807, 2.05) is 0 Å². The van der Waals surface area contributed by atoms with Gasteiger partial charge in [-0.1, -0.05) is 18.2 Å². The Morgan fingerprint density at radius 3 is 1.51 bits per heavy atom. The van der Waals surface area contributed by atoms with E-state index in [1.165, 1.54) is 42.5 Å². The van der Waals surface area contributed by atoms with Crippen molar-refractivity contribution in [2.24, 2.45) is 0 Å². The number of carboxylic acids is 1. The lowest BCUT2D eigenvalue weighted by Gasteiger charge is -2.36. The number of aromatic hydroxyl groups is 6. The minimum atomic E-state index is -1.16. The van der Waals surface area contributed by atoms with E-state index in [9.17, 15) is 40.5 Å². The SMILES string of the molecule is O=C(O)C1=C[C@@H](OCc2ccc(O)c(O)c2)[C@@H](OCc2ccc(O)c(O)c2)[C@H](OCc2ccc(O)c(O)c2)C1. The molecule has 0 unspecified atom stereocenters. The first-order valence-electron chi connectivity index (χ1n) is 11.9. The Kier molecular flexibility index (Phi) is 8.45. The molecule has 0 aromatic heterocycles. The monoisotopic (exact) mass is 540 g/mol. The van der Waals surface area contributed by atoms with Crippen molar-refractivity contribution in [3.05, 3.63) is 82.9 Å². The average molecular weight is 541 g/mol. The van der Waals surface area contributed by atoms with Gasteiger partial charge in [0.25, 0.3) is 0 Å². The van der Waals surface area contributed by atoms with Crippen LogP contribution >= 0.6 is 0 Å². The van der Waals surface area contributed by atoms with Gasteiger partial charge < -0.3 is 50.0 Å². The molecule has 7 N–H and O–H groups in total. The lowest BCUT2D eigenvalue weighted by Crippen LogP contribution is -2.45. The summed E-state index contributed by atoms with van der Waals surface area (Å²) in [4.78, 5) is 11.9. The largest absolute Gasteiger partial charge is 0.504 e. The Balaban J connectivity index is 1.58. The predicted molar refractivity (Wildman–Crippen MR) is 135 cm³/mol. The maximum Gasteiger partial charge on any atom is 0.331 e. The van der Waals surface area contributed by atoms with Gasteiger partial charge in [0.1, 0.15) is 12.2 Å². The molecule has 11 nitrogen and oxygen atoms in total. The van der Waals surface area contributed by atoms with Crippen LogP contribution in [0.1, 0.15) is 23.1 Å². The van der Waals surface area contributed by atoms with E-state index < -0.39 is 24.3 Å². The van der Waals surface area contributed by atoms with Gasteiger partial charge in [0.2, 0.25) is 0 Å². The molecule has 11 heteroatoms. The Morgan fingerprint density at radius 1 is 0.641 bits per heavy atom. The Hall–Kier alpha value is -4.45. The second-order valence-corrected chi connectivity index (χ2v) is 9.07. The van der Waals surface area contributed by atoms with Gasteiger partial charge in [-0.05, 0) is 59.2 Å². The molecule has 39 heavy (non-hydrogen) atoms. The number of carboxylic acid groups (broad SMARTS) is 1. The first-order chi connectivity index (χ1) is 18.6. The number of rotatable bonds is 10. The summed E-state index contributed by atoms with van der Waals surface area (Å²) < 4.78 is 18.2. The smallest absolute Gasteiger partial charge is 0.331 e. The van der Waals surface area contributed by atoms with Gasteiger partial charge in [-0.25, -0.2) is 4.79 Å². The van der Waals surface area contributed by atoms with Gasteiger partial charge in [0.15, 0.2) is 34.5 Å². The number of aliphatic carboxylic acids is 1. The van der Waals surface area contributed by atoms with Crippen molar-refractivity contribution >= 4 is 5.97 Å². The maximum absolute atomic E-state index is 11.9. The number of benzene rings is 3. The summed E-state index contributed by atoms with van der Waals surface area (Å²) in [7, 11) is 0. The third-order valence-electron chi connectivity index (χ3n) is 6.22. The summed E-state index contributed by atoms with van der Waals surface area (Å²) in [6, 6.07) is 12.5. The summed E-state index contributed by atoms with van der Waals surface area (Å²) in [5.74, 6) is -3.03. The van der Waals surface area contributed by atoms with Gasteiger partial charge in [-0.15, -0.1) is 0 Å². The minimum absolute atomic E-state index is 0.0231. The van der Waals surface area contributed by atoms with Crippen LogP contribution in [0.15, 0.2) is 66.2 Å². The van der Waals surface area contributed by atoms with Gasteiger partial charge in [0.05, 0.1) is 25.9 Å². The van der Waals surface area contributed by atoms with Crippen LogP contribution in [0.4, 0.5) is 0 Å². The highest BCUT2D eigenvalue weighted by Gasteiger charge is 2.38. The van der Waals surface area contributed by atoms with Crippen LogP contribution in [0, 0.1) is 0 Å². The molecule has 3 aromatic rings. The Bertz CT molecular complexity index is 1370. The van der Waals surface area contributed by atoms with Crippen molar-refractivity contribution in [1.82, 2.24) is 0 Å². The van der Waals surface area contributed by atoms with Crippen LogP contribution in [0.25, 0.3) is 0 Å². The molecule has 0 bridgehead atoms. The molecule has 0 heterocycles. The topological polar surface area (TPSA) is 186 Å². The highest BCUT2D eigenvalue weighted by Crippen LogP contribution is 2.32. The lowest BCUT2D eigenvalue weighted by molar-refractivity contribution is -0.149. The molecule has 1 aliphatic rings. The van der Waals surface area contributed by atoms with Crippen LogP contribution in [-0.4, -0.2) is 60.0 Å². The standard InChI is InChI=1S/C28H28O11/c29-19-4-1-15(7-22(19)32)12-37-25-10-18(28(35)36)11-26(38-13-16-2-5-20(30)23(33)8-16)27(25)39-14-17-3-6-21(31)24(34)9-17/h1-10,25-27,29-34H,11-14H2,(H,35,36)/t25-,26-,27-/m1/s1. The summed E-state index contributed by atoms with van der Waals surface area (Å²) in [6.07, 6.45) is -1.16. The average Bonchev–Trinajstić information content (AvgIpc) is 2.90. The molecule has 0 aliphatic heterocycles. The molecule has 3 aromatic carbocycles. The van der Waals surface area contributed by atoms with Crippen molar-refractivity contribution in [2.45, 2.75) is 44.6 Å². The lowest BCUT2D eigenvalue weighted by atomic mass is 9.91. The van der Waals surface area contributed by atoms with E-state index in [0.29, 0.717) is 16.7 Å². The summed E-state index contributed by atoms with van der Waals surface area (Å²) in [6.45, 7) is -0.126. The number of hydrogen-bond donors (Lipinski definition) is 7. The maximum atomic E-state index is 11.9. The highest BCUT2D eigenvalue weighted by atomic mass is 16.6. The molecule has 206 valence electrons. The van der Waals surface area contributed by atoms with Crippen LogP contribution < -0.4 is 0 Å². The zero-order valence-electron chi connectivity index (χ0n) is 20.6. The fraction of sp³-hybridized carbons (Fsp3) is 0.250. The zero-order valence-corrected chi connectivity index (χ0v) is 20.6. The summed E-state index contributed by atoms with van der Waals surface area (Å²) in [5, 5.41) is 67.9. The first-order valence-corrected chi connectivity index (χ1v) is 11.9. The number of phenolic OH excluding ortho intramolecular Hbond substituents is 6. The van der Waals surface area contributed by atoms with Crippen molar-refractivity contribution < 1.29 is 54.8 Å². The van der Waals surface area contributed by atoms with E-state index in [-0.39, 0.29) is 66.3 Å². The van der Waals surface area contributed by atoms with Crippen LogP contribution in [-0.2, 0) is 38.8 Å². The number of ether oxygens (including phenoxy) is 3. The fourth-order valence-corrected chi connectivity index (χ4v) is 4.13. The molecule has 0 spiro atoms. The highest BCUT2D eigenvalue weighted by molar-refractivity contribution is 5.87. The van der Waals surface area contributed by atoms with Crippen LogP contribution in [0.2, 0.25) is 0 Å². The third-order valence-corrected chi connectivity index (χ3v) is 6.22. The number of carbonyl (C=O) groups is 1. The molecule has 1 aliphatic carbocycles. The molecular weight excluding hydrogens is 512 g/mol. The van der Waals surface area contributed by atoms with Gasteiger partial charge >= 0.3 is 5.97 Å². The summed E-state index contributed by atoms with van der Waals surface area (Å²) >= 11 is 0. The molecule has 0 amide bonds. The first kappa shape index (κ1) is 27.6. The van der Waals surface area contributed by atoms with E-state index in [1.54, 1.807) is 18.2 Å². The van der Waals surface area contributed by atoms with Gasteiger partial charge in [-0.3, -0.25) is 0 Å². The summed E-state index contributed by atoms with van der Waals surface area (Å²) in [5.41, 5.74) is 1.60. The van der Waals surface area contributed by atoms with Crippen molar-refractivity contribution in [3.63, 3.8) is 0 Å². The third kappa shape index (κ3) is 6.90. The van der Waals surface area contributed by atoms with Gasteiger partial charge in [0, 0.05) is 12.0 Å². The normalized spacial score (nSPS) is 19.0. The fourth-order valence-electron chi connectivity index (χ4n) is 4.13. The zero-order chi connectivity index (χ0) is 28.1. The molecule has 0 radical (unpaired) electrons. The second kappa shape index (κ2) is 11.9. The van der Waals surface area contributed by atoms with Gasteiger partial charge in [-0.2, -0.15) is 0 Å². The molecule has 0 saturated carbocycles. The second-order valence-electron chi connectivity index (χ2n) is 9.07. The van der Waals surface area contributed by atoms with Crippen LogP contribution in [0.3, 0.4) is 0 Å². The predicted octanol–water partition coefficient (Wildman–Crippen LogP) is 3.39.